The van der Waals surface area contributed by atoms with Gasteiger partial charge in [0.2, 0.25) is 0 Å². The Morgan fingerprint density at radius 2 is 2.24 bits per heavy atom. The maximum absolute atomic E-state index is 5.78. The predicted molar refractivity (Wildman–Crippen MR) is 76.2 cm³/mol. The Morgan fingerprint density at radius 3 is 2.94 bits per heavy atom. The molecule has 0 heterocycles. The fourth-order valence-corrected chi connectivity index (χ4v) is 1.98. The average Bonchev–Trinajstić information content (AvgIpc) is 2.32. The maximum atomic E-state index is 5.78. The Labute approximate surface area is 113 Å². The molecule has 17 heavy (non-hydrogen) atoms. The van der Waals surface area contributed by atoms with Gasteiger partial charge in [-0.05, 0) is 37.6 Å². The molecule has 2 nitrogen and oxygen atoms in total. The zero-order valence-electron chi connectivity index (χ0n) is 10.7. The highest BCUT2D eigenvalue weighted by molar-refractivity contribution is 9.10. The first-order chi connectivity index (χ1) is 8.22. The second-order valence-corrected chi connectivity index (χ2v) is 5.22. The zero-order valence-corrected chi connectivity index (χ0v) is 12.3. The molecule has 0 saturated carbocycles. The number of halogens is 1. The highest BCUT2D eigenvalue weighted by Crippen LogP contribution is 2.12. The molecule has 0 amide bonds. The molecule has 0 aromatic heterocycles. The van der Waals surface area contributed by atoms with E-state index in [1.54, 1.807) is 0 Å². The highest BCUT2D eigenvalue weighted by atomic mass is 79.9. The van der Waals surface area contributed by atoms with Crippen molar-refractivity contribution in [2.75, 3.05) is 13.1 Å². The van der Waals surface area contributed by atoms with Gasteiger partial charge in [0.25, 0.3) is 0 Å². The van der Waals surface area contributed by atoms with Crippen molar-refractivity contribution >= 4 is 15.9 Å². The minimum atomic E-state index is 0.255. The molecule has 0 bridgehead atoms. The van der Waals surface area contributed by atoms with Gasteiger partial charge < -0.3 is 10.1 Å². The number of hydrogen-bond acceptors (Lipinski definition) is 2. The summed E-state index contributed by atoms with van der Waals surface area (Å²) in [4.78, 5) is 0. The molecular weight excluding hydrogens is 278 g/mol. The topological polar surface area (TPSA) is 21.3 Å². The van der Waals surface area contributed by atoms with Crippen LogP contribution < -0.4 is 5.32 Å². The van der Waals surface area contributed by atoms with Gasteiger partial charge in [0, 0.05) is 11.0 Å². The quantitative estimate of drug-likeness (QED) is 0.738. The molecule has 1 unspecified atom stereocenters. The SMILES string of the molecule is CCCCNCC(C)OCc1cccc(Br)c1. The Hall–Kier alpha value is -0.380. The van der Waals surface area contributed by atoms with Gasteiger partial charge in [0.15, 0.2) is 0 Å². The van der Waals surface area contributed by atoms with E-state index >= 15 is 0 Å². The average molecular weight is 300 g/mol. The van der Waals surface area contributed by atoms with Crippen LogP contribution in [0.4, 0.5) is 0 Å². The lowest BCUT2D eigenvalue weighted by molar-refractivity contribution is 0.0533. The first-order valence-corrected chi connectivity index (χ1v) is 7.08. The van der Waals surface area contributed by atoms with Crippen LogP contribution in [0.5, 0.6) is 0 Å². The lowest BCUT2D eigenvalue weighted by Gasteiger charge is -2.14. The molecule has 0 saturated heterocycles. The van der Waals surface area contributed by atoms with Crippen LogP contribution in [-0.2, 0) is 11.3 Å². The highest BCUT2D eigenvalue weighted by Gasteiger charge is 2.02. The van der Waals surface area contributed by atoms with E-state index in [9.17, 15) is 0 Å². The first kappa shape index (κ1) is 14.7. The molecule has 0 aliphatic heterocycles. The molecule has 3 heteroatoms. The summed E-state index contributed by atoms with van der Waals surface area (Å²) < 4.78 is 6.88. The largest absolute Gasteiger partial charge is 0.373 e. The van der Waals surface area contributed by atoms with Gasteiger partial charge in [-0.1, -0.05) is 41.4 Å². The Kier molecular flexibility index (Phi) is 7.49. The number of benzene rings is 1. The van der Waals surface area contributed by atoms with Crippen LogP contribution in [0.3, 0.4) is 0 Å². The summed E-state index contributed by atoms with van der Waals surface area (Å²) in [6.07, 6.45) is 2.73. The lowest BCUT2D eigenvalue weighted by Crippen LogP contribution is -2.27. The summed E-state index contributed by atoms with van der Waals surface area (Å²) in [5.74, 6) is 0. The van der Waals surface area contributed by atoms with Crippen LogP contribution >= 0.6 is 15.9 Å². The number of ether oxygens (including phenoxy) is 1. The third-order valence-electron chi connectivity index (χ3n) is 2.56. The second kappa shape index (κ2) is 8.67. The number of rotatable bonds is 8. The number of nitrogens with one attached hydrogen (secondary N) is 1. The normalized spacial score (nSPS) is 12.6. The van der Waals surface area contributed by atoms with Crippen molar-refractivity contribution in [2.24, 2.45) is 0 Å². The molecule has 0 spiro atoms. The summed E-state index contributed by atoms with van der Waals surface area (Å²) in [7, 11) is 0. The van der Waals surface area contributed by atoms with E-state index < -0.39 is 0 Å². The Balaban J connectivity index is 2.17. The van der Waals surface area contributed by atoms with E-state index in [0.29, 0.717) is 6.61 Å². The zero-order chi connectivity index (χ0) is 12.5. The van der Waals surface area contributed by atoms with Crippen molar-refractivity contribution in [3.05, 3.63) is 34.3 Å². The van der Waals surface area contributed by atoms with Gasteiger partial charge in [-0.25, -0.2) is 0 Å². The van der Waals surface area contributed by atoms with E-state index in [0.717, 1.165) is 17.6 Å². The molecule has 1 rings (SSSR count). The van der Waals surface area contributed by atoms with Gasteiger partial charge >= 0.3 is 0 Å². The molecule has 0 fully saturated rings. The van der Waals surface area contributed by atoms with E-state index in [1.165, 1.54) is 18.4 Å². The summed E-state index contributed by atoms with van der Waals surface area (Å²) in [6.45, 7) is 7.00. The van der Waals surface area contributed by atoms with Crippen molar-refractivity contribution in [1.29, 1.82) is 0 Å². The Morgan fingerprint density at radius 1 is 1.41 bits per heavy atom. The van der Waals surface area contributed by atoms with Gasteiger partial charge in [0.05, 0.1) is 12.7 Å². The molecule has 0 aliphatic rings. The summed E-state index contributed by atoms with van der Waals surface area (Å²) in [5.41, 5.74) is 1.21. The Bertz CT molecular complexity index is 317. The molecule has 1 N–H and O–H groups in total. The smallest absolute Gasteiger partial charge is 0.0721 e. The van der Waals surface area contributed by atoms with Gasteiger partial charge in [-0.2, -0.15) is 0 Å². The molecular formula is C14H22BrNO. The van der Waals surface area contributed by atoms with Crippen LogP contribution in [0, 0.1) is 0 Å². The van der Waals surface area contributed by atoms with Gasteiger partial charge in [0.1, 0.15) is 0 Å². The van der Waals surface area contributed by atoms with Crippen molar-refractivity contribution in [1.82, 2.24) is 5.32 Å². The summed E-state index contributed by atoms with van der Waals surface area (Å²) >= 11 is 3.46. The van der Waals surface area contributed by atoms with Crippen LogP contribution in [-0.4, -0.2) is 19.2 Å². The van der Waals surface area contributed by atoms with Crippen LogP contribution in [0.15, 0.2) is 28.7 Å². The van der Waals surface area contributed by atoms with Crippen LogP contribution in [0.1, 0.15) is 32.3 Å². The molecule has 1 atom stereocenters. The molecule has 0 radical (unpaired) electrons. The van der Waals surface area contributed by atoms with Gasteiger partial charge in [-0.3, -0.25) is 0 Å². The van der Waals surface area contributed by atoms with E-state index in [1.807, 2.05) is 12.1 Å². The van der Waals surface area contributed by atoms with Crippen molar-refractivity contribution in [3.63, 3.8) is 0 Å². The summed E-state index contributed by atoms with van der Waals surface area (Å²) in [6, 6.07) is 8.24. The van der Waals surface area contributed by atoms with E-state index in [4.69, 9.17) is 4.74 Å². The first-order valence-electron chi connectivity index (χ1n) is 6.29. The second-order valence-electron chi connectivity index (χ2n) is 4.31. The minimum absolute atomic E-state index is 0.255. The lowest BCUT2D eigenvalue weighted by atomic mass is 10.2. The fourth-order valence-electron chi connectivity index (χ4n) is 1.53. The van der Waals surface area contributed by atoms with E-state index in [2.05, 4.69) is 47.2 Å². The number of hydrogen-bond donors (Lipinski definition) is 1. The van der Waals surface area contributed by atoms with Gasteiger partial charge in [-0.15, -0.1) is 0 Å². The molecule has 96 valence electrons. The predicted octanol–water partition coefficient (Wildman–Crippen LogP) is 3.74. The monoisotopic (exact) mass is 299 g/mol. The van der Waals surface area contributed by atoms with Crippen molar-refractivity contribution in [3.8, 4) is 0 Å². The van der Waals surface area contributed by atoms with E-state index in [-0.39, 0.29) is 6.10 Å². The van der Waals surface area contributed by atoms with Crippen molar-refractivity contribution in [2.45, 2.75) is 39.4 Å². The third-order valence-corrected chi connectivity index (χ3v) is 3.06. The summed E-state index contributed by atoms with van der Waals surface area (Å²) in [5, 5.41) is 3.40. The number of unbranched alkanes of at least 4 members (excludes halogenated alkanes) is 1. The minimum Gasteiger partial charge on any atom is -0.373 e. The fraction of sp³-hybridized carbons (Fsp3) is 0.571. The standard InChI is InChI=1S/C14H22BrNO/c1-3-4-8-16-10-12(2)17-11-13-6-5-7-14(15)9-13/h5-7,9,12,16H,3-4,8,10-11H2,1-2H3. The third kappa shape index (κ3) is 6.81. The van der Waals surface area contributed by atoms with Crippen LogP contribution in [0.25, 0.3) is 0 Å². The van der Waals surface area contributed by atoms with Crippen LogP contribution in [0.2, 0.25) is 0 Å². The maximum Gasteiger partial charge on any atom is 0.0721 e. The molecule has 1 aromatic rings. The van der Waals surface area contributed by atoms with Crippen molar-refractivity contribution < 1.29 is 4.74 Å². The molecule has 1 aromatic carbocycles. The molecule has 0 aliphatic carbocycles.